The maximum Gasteiger partial charge on any atom is 1.00 e. The summed E-state index contributed by atoms with van der Waals surface area (Å²) in [6, 6.07) is 0. The van der Waals surface area contributed by atoms with Crippen LogP contribution >= 0.6 is 0 Å². The first-order valence-electron chi connectivity index (χ1n) is 8.58. The van der Waals surface area contributed by atoms with Crippen LogP contribution < -0.4 is 29.6 Å². The van der Waals surface area contributed by atoms with Gasteiger partial charge in [-0.1, -0.05) is 71.3 Å². The molecule has 8 heteroatoms. The van der Waals surface area contributed by atoms with E-state index in [9.17, 15) is 17.8 Å². The molecule has 0 rings (SSSR count). The Balaban J connectivity index is -0.000000513. The topological polar surface area (TPSA) is 92.7 Å². The fraction of sp³-hybridized carbons (Fsp3) is 0.824. The average molecular weight is 389 g/mol. The minimum Gasteiger partial charge on any atom is -0.726 e. The molecule has 0 fully saturated rings. The van der Waals surface area contributed by atoms with Crippen LogP contribution in [0.3, 0.4) is 0 Å². The largest absolute Gasteiger partial charge is 1.00 e. The smallest absolute Gasteiger partial charge is 0.726 e. The third-order valence-corrected chi connectivity index (χ3v) is 3.71. The summed E-state index contributed by atoms with van der Waals surface area (Å²) in [7, 11) is -3.15. The second-order valence-electron chi connectivity index (χ2n) is 5.68. The molecule has 0 atom stereocenters. The zero-order chi connectivity index (χ0) is 18.8. The first kappa shape index (κ1) is 29.8. The summed E-state index contributed by atoms with van der Waals surface area (Å²) in [6.45, 7) is 7.20. The van der Waals surface area contributed by atoms with Crippen molar-refractivity contribution in [3.63, 3.8) is 0 Å². The molecule has 144 valence electrons. The van der Waals surface area contributed by atoms with Gasteiger partial charge >= 0.3 is 35.5 Å². The van der Waals surface area contributed by atoms with Crippen LogP contribution in [0.5, 0.6) is 0 Å². The molecular formula is C17H33NaO6S. The fourth-order valence-corrected chi connectivity index (χ4v) is 2.25. The number of hydrogen-bond acceptors (Lipinski definition) is 6. The second-order valence-corrected chi connectivity index (χ2v) is 6.74. The van der Waals surface area contributed by atoms with Gasteiger partial charge in [-0.15, -0.1) is 0 Å². The van der Waals surface area contributed by atoms with E-state index in [1.165, 1.54) is 52.1 Å². The van der Waals surface area contributed by atoms with E-state index in [0.717, 1.165) is 12.8 Å². The van der Waals surface area contributed by atoms with Crippen LogP contribution in [0.4, 0.5) is 0 Å². The van der Waals surface area contributed by atoms with Crippen LogP contribution in [0.2, 0.25) is 0 Å². The van der Waals surface area contributed by atoms with Gasteiger partial charge in [-0.25, -0.2) is 13.2 Å². The van der Waals surface area contributed by atoms with Crippen molar-refractivity contribution in [1.29, 1.82) is 0 Å². The molecule has 0 aromatic rings. The van der Waals surface area contributed by atoms with E-state index >= 15 is 0 Å². The Hall–Kier alpha value is 0.0800. The van der Waals surface area contributed by atoms with Crippen molar-refractivity contribution < 1.29 is 56.2 Å². The number of hydrogen-bond donors (Lipinski definition) is 0. The van der Waals surface area contributed by atoms with Gasteiger partial charge in [0, 0.05) is 5.57 Å². The van der Waals surface area contributed by atoms with Crippen molar-refractivity contribution >= 4 is 16.4 Å². The summed E-state index contributed by atoms with van der Waals surface area (Å²) in [4.78, 5) is 10.2. The van der Waals surface area contributed by atoms with Crippen molar-refractivity contribution in [2.45, 2.75) is 78.1 Å². The summed E-state index contributed by atoms with van der Waals surface area (Å²) in [5.41, 5.74) is 0.433. The molecule has 0 aromatic carbocycles. The van der Waals surface area contributed by atoms with E-state index in [-0.39, 0.29) is 42.1 Å². The number of carbonyl (C=O) groups is 1. The average Bonchev–Trinajstić information content (AvgIpc) is 2.51. The van der Waals surface area contributed by atoms with Crippen LogP contribution in [0.1, 0.15) is 78.1 Å². The van der Waals surface area contributed by atoms with Gasteiger partial charge in [-0.3, -0.25) is 4.18 Å². The minimum absolute atomic E-state index is 0. The molecule has 0 heterocycles. The first-order chi connectivity index (χ1) is 11.2. The van der Waals surface area contributed by atoms with E-state index < -0.39 is 10.4 Å². The monoisotopic (exact) mass is 388 g/mol. The van der Waals surface area contributed by atoms with Crippen molar-refractivity contribution in [3.05, 3.63) is 12.2 Å². The number of unbranched alkanes of at least 4 members (excludes halogenated alkanes) is 9. The van der Waals surface area contributed by atoms with E-state index in [2.05, 4.69) is 22.4 Å². The molecule has 0 spiro atoms. The molecule has 0 unspecified atom stereocenters. The Labute approximate surface area is 176 Å². The van der Waals surface area contributed by atoms with Gasteiger partial charge < -0.3 is 9.29 Å². The van der Waals surface area contributed by atoms with E-state index in [1.807, 2.05) is 0 Å². The van der Waals surface area contributed by atoms with Gasteiger partial charge in [0.2, 0.25) is 10.4 Å². The van der Waals surface area contributed by atoms with Crippen molar-refractivity contribution in [3.8, 4) is 0 Å². The zero-order valence-electron chi connectivity index (χ0n) is 16.3. The van der Waals surface area contributed by atoms with Gasteiger partial charge in [0.05, 0.1) is 13.7 Å². The predicted octanol–water partition coefficient (Wildman–Crippen LogP) is 1.12. The van der Waals surface area contributed by atoms with Crippen LogP contribution in [0, 0.1) is 0 Å². The fourth-order valence-electron chi connectivity index (χ4n) is 1.92. The third kappa shape index (κ3) is 29.1. The molecule has 0 amide bonds. The SMILES string of the molecule is C=C(C)C(=O)OC.CCCCCCCCCCCCOS(=O)(=O)[O-].[Na+]. The summed E-state index contributed by atoms with van der Waals surface area (Å²) in [5, 5.41) is 0. The maximum absolute atomic E-state index is 10.2. The Morgan fingerprint density at radius 2 is 1.36 bits per heavy atom. The predicted molar refractivity (Wildman–Crippen MR) is 94.3 cm³/mol. The van der Waals surface area contributed by atoms with Gasteiger partial charge in [0.1, 0.15) is 0 Å². The molecule has 0 saturated heterocycles. The summed E-state index contributed by atoms with van der Waals surface area (Å²) in [5.74, 6) is -0.347. The minimum atomic E-state index is -4.48. The Bertz CT molecular complexity index is 423. The summed E-state index contributed by atoms with van der Waals surface area (Å²) in [6.07, 6.45) is 11.7. The number of ether oxygens (including phenoxy) is 1. The Morgan fingerprint density at radius 1 is 0.960 bits per heavy atom. The molecular weight excluding hydrogens is 355 g/mol. The molecule has 0 saturated carbocycles. The van der Waals surface area contributed by atoms with Crippen LogP contribution in [-0.2, 0) is 24.1 Å². The summed E-state index contributed by atoms with van der Waals surface area (Å²) >= 11 is 0. The number of rotatable bonds is 13. The zero-order valence-corrected chi connectivity index (χ0v) is 19.2. The molecule has 0 N–H and O–H groups in total. The Morgan fingerprint density at radius 3 is 1.64 bits per heavy atom. The number of methoxy groups -OCH3 is 1. The molecule has 0 bridgehead atoms. The van der Waals surface area contributed by atoms with Gasteiger partial charge in [0.15, 0.2) is 0 Å². The molecule has 0 aliphatic rings. The van der Waals surface area contributed by atoms with Crippen LogP contribution in [0.15, 0.2) is 12.2 Å². The normalized spacial score (nSPS) is 10.2. The van der Waals surface area contributed by atoms with Gasteiger partial charge in [-0.2, -0.15) is 0 Å². The van der Waals surface area contributed by atoms with Crippen molar-refractivity contribution in [1.82, 2.24) is 0 Å². The number of carbonyl (C=O) groups excluding carboxylic acids is 1. The van der Waals surface area contributed by atoms with Gasteiger partial charge in [-0.05, 0) is 13.3 Å². The van der Waals surface area contributed by atoms with Gasteiger partial charge in [0.25, 0.3) is 0 Å². The quantitative estimate of drug-likeness (QED) is 0.117. The Kier molecular flexibility index (Phi) is 24.3. The molecule has 0 aliphatic heterocycles. The van der Waals surface area contributed by atoms with Crippen LogP contribution in [-0.4, -0.2) is 32.7 Å². The molecule has 0 radical (unpaired) electrons. The summed E-state index contributed by atoms with van der Waals surface area (Å²) < 4.78 is 38.7. The maximum atomic E-state index is 10.2. The molecule has 0 aromatic heterocycles. The van der Waals surface area contributed by atoms with Crippen LogP contribution in [0.25, 0.3) is 0 Å². The van der Waals surface area contributed by atoms with E-state index in [1.54, 1.807) is 6.92 Å². The number of esters is 1. The molecule has 25 heavy (non-hydrogen) atoms. The standard InChI is InChI=1S/C12H26O4S.C5H8O2.Na/c1-2-3-4-5-6-7-8-9-10-11-12-16-17(13,14)15;1-4(2)5(6)7-3;/h2-12H2,1H3,(H,13,14,15);1H2,2-3H3;/q;;+1/p-1. The molecule has 6 nitrogen and oxygen atoms in total. The molecule has 0 aliphatic carbocycles. The van der Waals surface area contributed by atoms with Crippen molar-refractivity contribution in [2.24, 2.45) is 0 Å². The third-order valence-electron chi connectivity index (χ3n) is 3.26. The van der Waals surface area contributed by atoms with E-state index in [4.69, 9.17) is 0 Å². The second kappa shape index (κ2) is 20.4. The first-order valence-corrected chi connectivity index (χ1v) is 9.92. The van der Waals surface area contributed by atoms with E-state index in [0.29, 0.717) is 12.0 Å². The van der Waals surface area contributed by atoms with Crippen molar-refractivity contribution in [2.75, 3.05) is 13.7 Å².